The third-order valence-electron chi connectivity index (χ3n) is 4.18. The summed E-state index contributed by atoms with van der Waals surface area (Å²) in [5.41, 5.74) is 0. The fourth-order valence-electron chi connectivity index (χ4n) is 2.86. The number of ether oxygens (including phenoxy) is 1. The molecule has 0 saturated carbocycles. The van der Waals surface area contributed by atoms with E-state index in [0.717, 1.165) is 23.3 Å². The molecule has 1 fully saturated rings. The summed E-state index contributed by atoms with van der Waals surface area (Å²) in [5, 5.41) is 6.31. The maximum Gasteiger partial charge on any atom is 0.220 e. The first-order chi connectivity index (χ1) is 10.6. The zero-order valence-corrected chi connectivity index (χ0v) is 15.9. The van der Waals surface area contributed by atoms with Gasteiger partial charge in [0.15, 0.2) is 0 Å². The Morgan fingerprint density at radius 2 is 2.17 bits per heavy atom. The number of rotatable bonds is 7. The number of amides is 1. The molecule has 2 rings (SSSR count). The molecule has 2 N–H and O–H groups in total. The van der Waals surface area contributed by atoms with Crippen LogP contribution in [0.5, 0.6) is 5.75 Å². The minimum atomic E-state index is 0. The lowest BCUT2D eigenvalue weighted by molar-refractivity contribution is -0.122. The molecule has 0 bridgehead atoms. The van der Waals surface area contributed by atoms with Crippen molar-refractivity contribution in [3.05, 3.63) is 28.7 Å². The summed E-state index contributed by atoms with van der Waals surface area (Å²) in [4.78, 5) is 12.0. The number of hydrogen-bond acceptors (Lipinski definition) is 3. The van der Waals surface area contributed by atoms with E-state index in [2.05, 4.69) is 33.5 Å². The van der Waals surface area contributed by atoms with Crippen molar-refractivity contribution < 1.29 is 9.53 Å². The molecule has 1 atom stereocenters. The molecule has 1 unspecified atom stereocenters. The number of piperidine rings is 1. The third-order valence-corrected chi connectivity index (χ3v) is 4.68. The Bertz CT molecular complexity index is 481. The molecule has 1 saturated heterocycles. The number of hydrogen-bond donors (Lipinski definition) is 2. The number of carbonyl (C=O) groups excluding carboxylic acids is 1. The molecule has 0 radical (unpaired) electrons. The maximum absolute atomic E-state index is 12.0. The van der Waals surface area contributed by atoms with Crippen molar-refractivity contribution in [2.45, 2.75) is 26.2 Å². The van der Waals surface area contributed by atoms with E-state index in [1.807, 2.05) is 24.3 Å². The Morgan fingerprint density at radius 1 is 1.43 bits per heavy atom. The molecule has 0 spiro atoms. The second-order valence-electron chi connectivity index (χ2n) is 5.92. The predicted molar refractivity (Wildman–Crippen MR) is 99.3 cm³/mol. The maximum atomic E-state index is 12.0. The Balaban J connectivity index is 0.00000264. The summed E-state index contributed by atoms with van der Waals surface area (Å²) in [6, 6.07) is 7.71. The summed E-state index contributed by atoms with van der Waals surface area (Å²) in [7, 11) is 0. The van der Waals surface area contributed by atoms with Gasteiger partial charge in [0.2, 0.25) is 5.91 Å². The van der Waals surface area contributed by atoms with Crippen LogP contribution in [0, 0.1) is 11.8 Å². The van der Waals surface area contributed by atoms with E-state index in [1.54, 1.807) is 0 Å². The highest BCUT2D eigenvalue weighted by molar-refractivity contribution is 9.10. The fraction of sp³-hybridized carbons (Fsp3) is 0.588. The van der Waals surface area contributed by atoms with E-state index in [9.17, 15) is 4.79 Å². The first kappa shape index (κ1) is 20.3. The van der Waals surface area contributed by atoms with E-state index in [0.29, 0.717) is 31.4 Å². The van der Waals surface area contributed by atoms with Crippen molar-refractivity contribution in [3.8, 4) is 5.75 Å². The molecule has 1 aliphatic heterocycles. The van der Waals surface area contributed by atoms with Crippen molar-refractivity contribution in [2.75, 3.05) is 26.2 Å². The molecule has 4 nitrogen and oxygen atoms in total. The average Bonchev–Trinajstić information content (AvgIpc) is 2.52. The molecule has 130 valence electrons. The van der Waals surface area contributed by atoms with Crippen LogP contribution in [0.4, 0.5) is 0 Å². The van der Waals surface area contributed by atoms with Crippen molar-refractivity contribution in [1.29, 1.82) is 0 Å². The molecule has 0 aromatic heterocycles. The van der Waals surface area contributed by atoms with Gasteiger partial charge in [-0.1, -0.05) is 28.9 Å². The molecule has 1 aromatic carbocycles. The first-order valence-electron chi connectivity index (χ1n) is 8.01. The van der Waals surface area contributed by atoms with Crippen molar-refractivity contribution in [1.82, 2.24) is 10.6 Å². The first-order valence-corrected chi connectivity index (χ1v) is 8.80. The summed E-state index contributed by atoms with van der Waals surface area (Å²) >= 11 is 3.41. The molecular formula is C17H26BrClN2O2. The molecule has 1 heterocycles. The van der Waals surface area contributed by atoms with Crippen LogP contribution < -0.4 is 15.4 Å². The highest BCUT2D eigenvalue weighted by Gasteiger charge is 2.21. The minimum absolute atomic E-state index is 0. The van der Waals surface area contributed by atoms with Gasteiger partial charge >= 0.3 is 0 Å². The van der Waals surface area contributed by atoms with Gasteiger partial charge in [-0.15, -0.1) is 12.4 Å². The predicted octanol–water partition coefficient (Wildman–Crippen LogP) is 3.39. The van der Waals surface area contributed by atoms with Crippen LogP contribution in [0.2, 0.25) is 0 Å². The lowest BCUT2D eigenvalue weighted by atomic mass is 9.84. The van der Waals surface area contributed by atoms with Crippen LogP contribution in [0.3, 0.4) is 0 Å². The molecule has 0 aliphatic carbocycles. The number of benzene rings is 1. The van der Waals surface area contributed by atoms with Gasteiger partial charge in [0, 0.05) is 10.9 Å². The minimum Gasteiger partial charge on any atom is -0.492 e. The van der Waals surface area contributed by atoms with Crippen molar-refractivity contribution in [2.24, 2.45) is 11.8 Å². The molecule has 6 heteroatoms. The highest BCUT2D eigenvalue weighted by atomic mass is 79.9. The van der Waals surface area contributed by atoms with E-state index in [4.69, 9.17) is 4.74 Å². The summed E-state index contributed by atoms with van der Waals surface area (Å²) in [5.74, 6) is 2.06. The zero-order chi connectivity index (χ0) is 15.8. The number of carbonyl (C=O) groups is 1. The average molecular weight is 406 g/mol. The normalized spacial score (nSPS) is 16.3. The van der Waals surface area contributed by atoms with Crippen LogP contribution in [-0.4, -0.2) is 32.1 Å². The molecule has 23 heavy (non-hydrogen) atoms. The van der Waals surface area contributed by atoms with Gasteiger partial charge in [-0.2, -0.15) is 0 Å². The van der Waals surface area contributed by atoms with Gasteiger partial charge in [-0.25, -0.2) is 0 Å². The Hall–Kier alpha value is -0.780. The summed E-state index contributed by atoms with van der Waals surface area (Å²) < 4.78 is 6.60. The topological polar surface area (TPSA) is 50.4 Å². The van der Waals surface area contributed by atoms with Crippen LogP contribution >= 0.6 is 28.3 Å². The van der Waals surface area contributed by atoms with E-state index in [1.165, 1.54) is 12.8 Å². The van der Waals surface area contributed by atoms with Gasteiger partial charge < -0.3 is 15.4 Å². The third kappa shape index (κ3) is 7.55. The quantitative estimate of drug-likeness (QED) is 0.684. The smallest absolute Gasteiger partial charge is 0.220 e. The van der Waals surface area contributed by atoms with Gasteiger partial charge in [0.25, 0.3) is 0 Å². The van der Waals surface area contributed by atoms with Gasteiger partial charge in [-0.3, -0.25) is 4.79 Å². The fourth-order valence-corrected chi connectivity index (χ4v) is 3.24. The van der Waals surface area contributed by atoms with E-state index in [-0.39, 0.29) is 18.3 Å². The Labute approximate surface area is 153 Å². The second-order valence-corrected chi connectivity index (χ2v) is 6.84. The number of nitrogens with one attached hydrogen (secondary N) is 2. The van der Waals surface area contributed by atoms with Crippen LogP contribution in [0.25, 0.3) is 0 Å². The SMILES string of the molecule is CC(CC(=O)NCCOc1cccc(Br)c1)C1CCNCC1.Cl. The van der Waals surface area contributed by atoms with Crippen LogP contribution in [0.1, 0.15) is 26.2 Å². The van der Waals surface area contributed by atoms with E-state index >= 15 is 0 Å². The van der Waals surface area contributed by atoms with Crippen molar-refractivity contribution >= 4 is 34.2 Å². The zero-order valence-electron chi connectivity index (χ0n) is 13.5. The highest BCUT2D eigenvalue weighted by Crippen LogP contribution is 2.24. The van der Waals surface area contributed by atoms with Crippen LogP contribution in [-0.2, 0) is 4.79 Å². The molecule has 1 aliphatic rings. The number of halogens is 2. The monoisotopic (exact) mass is 404 g/mol. The van der Waals surface area contributed by atoms with Gasteiger partial charge in [-0.05, 0) is 56.0 Å². The summed E-state index contributed by atoms with van der Waals surface area (Å²) in [6.45, 7) is 5.38. The Kier molecular flexibility index (Phi) is 9.60. The molecular weight excluding hydrogens is 380 g/mol. The van der Waals surface area contributed by atoms with Gasteiger partial charge in [0.1, 0.15) is 12.4 Å². The molecule has 1 amide bonds. The lowest BCUT2D eigenvalue weighted by Crippen LogP contribution is -2.34. The lowest BCUT2D eigenvalue weighted by Gasteiger charge is -2.27. The largest absolute Gasteiger partial charge is 0.492 e. The molecule has 1 aromatic rings. The second kappa shape index (κ2) is 10.9. The van der Waals surface area contributed by atoms with Crippen LogP contribution in [0.15, 0.2) is 28.7 Å². The summed E-state index contributed by atoms with van der Waals surface area (Å²) in [6.07, 6.45) is 2.97. The standard InChI is InChI=1S/C17H25BrN2O2.ClH/c1-13(14-5-7-19-8-6-14)11-17(21)20-9-10-22-16-4-2-3-15(18)12-16;/h2-4,12-14,19H,5-11H2,1H3,(H,20,21);1H. The van der Waals surface area contributed by atoms with E-state index < -0.39 is 0 Å². The van der Waals surface area contributed by atoms with Gasteiger partial charge in [0.05, 0.1) is 6.54 Å². The van der Waals surface area contributed by atoms with Crippen molar-refractivity contribution in [3.63, 3.8) is 0 Å². The Morgan fingerprint density at radius 3 is 2.87 bits per heavy atom.